The van der Waals surface area contributed by atoms with Crippen molar-refractivity contribution in [1.29, 1.82) is 0 Å². The predicted molar refractivity (Wildman–Crippen MR) is 90.0 cm³/mol. The van der Waals surface area contributed by atoms with Gasteiger partial charge in [-0.3, -0.25) is 9.59 Å². The highest BCUT2D eigenvalue weighted by atomic mass is 16.5. The molecule has 0 fully saturated rings. The summed E-state index contributed by atoms with van der Waals surface area (Å²) in [6, 6.07) is 0. The van der Waals surface area contributed by atoms with E-state index in [0.29, 0.717) is 32.3 Å². The van der Waals surface area contributed by atoms with Crippen molar-refractivity contribution in [2.24, 2.45) is 5.41 Å². The lowest BCUT2D eigenvalue weighted by Gasteiger charge is -2.20. The van der Waals surface area contributed by atoms with Crippen LogP contribution in [0.15, 0.2) is 0 Å². The van der Waals surface area contributed by atoms with Crippen LogP contribution >= 0.6 is 0 Å². The second-order valence-corrected chi connectivity index (χ2v) is 6.82. The van der Waals surface area contributed by atoms with Gasteiger partial charge in [0, 0.05) is 18.3 Å². The maximum absolute atomic E-state index is 11.5. The van der Waals surface area contributed by atoms with Gasteiger partial charge in [-0.1, -0.05) is 46.5 Å². The molecule has 0 heterocycles. The van der Waals surface area contributed by atoms with Crippen LogP contribution in [0.1, 0.15) is 78.6 Å². The van der Waals surface area contributed by atoms with Crippen LogP contribution in [0.25, 0.3) is 0 Å². The van der Waals surface area contributed by atoms with Crippen LogP contribution in [-0.2, 0) is 19.1 Å². The highest BCUT2D eigenvalue weighted by Gasteiger charge is 2.18. The van der Waals surface area contributed by atoms with Gasteiger partial charge in [0.05, 0.1) is 19.8 Å². The Morgan fingerprint density at radius 2 is 1.43 bits per heavy atom. The third-order valence-electron chi connectivity index (χ3n) is 3.57. The Kier molecular flexibility index (Phi) is 12.7. The lowest BCUT2D eigenvalue weighted by molar-refractivity contribution is -0.147. The molecule has 0 bridgehead atoms. The molecule has 0 unspecified atom stereocenters. The van der Waals surface area contributed by atoms with E-state index in [1.54, 1.807) is 0 Å². The Balaban J connectivity index is 3.47. The molecule has 0 aliphatic heterocycles. The molecule has 5 nitrogen and oxygen atoms in total. The first-order valence-electron chi connectivity index (χ1n) is 8.83. The van der Waals surface area contributed by atoms with E-state index in [9.17, 15) is 9.59 Å². The van der Waals surface area contributed by atoms with Gasteiger partial charge in [-0.15, -0.1) is 0 Å². The molecule has 0 atom stereocenters. The average Bonchev–Trinajstić information content (AvgIpc) is 2.52. The first-order valence-corrected chi connectivity index (χ1v) is 8.83. The molecular formula is C18H34O5. The van der Waals surface area contributed by atoms with E-state index in [4.69, 9.17) is 14.6 Å². The van der Waals surface area contributed by atoms with Crippen molar-refractivity contribution in [3.05, 3.63) is 0 Å². The smallest absolute Gasteiger partial charge is 0.305 e. The van der Waals surface area contributed by atoms with Crippen molar-refractivity contribution in [2.45, 2.75) is 78.6 Å². The van der Waals surface area contributed by atoms with Crippen molar-refractivity contribution >= 4 is 11.9 Å². The summed E-state index contributed by atoms with van der Waals surface area (Å²) in [6.45, 7) is 6.40. The Morgan fingerprint density at radius 1 is 0.870 bits per heavy atom. The number of unbranched alkanes of at least 4 members (excludes halogenated alkanes) is 5. The Bertz CT molecular complexity index is 325. The lowest BCUT2D eigenvalue weighted by atomic mass is 9.97. The van der Waals surface area contributed by atoms with Gasteiger partial charge in [-0.2, -0.15) is 0 Å². The molecule has 136 valence electrons. The first kappa shape index (κ1) is 21.9. The largest absolute Gasteiger partial charge is 0.466 e. The standard InChI is InChI=1S/C18H34O5/c1-4-5-6-7-8-11-16(20)22-13-10-9-12-17(21)23-15-18(2,3)14-19/h19H,4-15H2,1-3H3. The van der Waals surface area contributed by atoms with Crippen molar-refractivity contribution in [3.63, 3.8) is 0 Å². The lowest BCUT2D eigenvalue weighted by Crippen LogP contribution is -2.25. The van der Waals surface area contributed by atoms with E-state index < -0.39 is 5.41 Å². The average molecular weight is 330 g/mol. The normalized spacial score (nSPS) is 11.3. The number of hydrogen-bond acceptors (Lipinski definition) is 5. The van der Waals surface area contributed by atoms with E-state index in [1.807, 2.05) is 13.8 Å². The molecule has 0 aliphatic rings. The third-order valence-corrected chi connectivity index (χ3v) is 3.57. The Morgan fingerprint density at radius 3 is 2.04 bits per heavy atom. The molecule has 0 radical (unpaired) electrons. The summed E-state index contributed by atoms with van der Waals surface area (Å²) in [5, 5.41) is 9.07. The summed E-state index contributed by atoms with van der Waals surface area (Å²) >= 11 is 0. The monoisotopic (exact) mass is 330 g/mol. The van der Waals surface area contributed by atoms with Gasteiger partial charge in [-0.25, -0.2) is 0 Å². The summed E-state index contributed by atoms with van der Waals surface area (Å²) in [6.07, 6.45) is 7.69. The fourth-order valence-electron chi connectivity index (χ4n) is 1.90. The highest BCUT2D eigenvalue weighted by molar-refractivity contribution is 5.69. The van der Waals surface area contributed by atoms with E-state index in [0.717, 1.165) is 12.8 Å². The summed E-state index contributed by atoms with van der Waals surface area (Å²) in [4.78, 5) is 23.0. The van der Waals surface area contributed by atoms with Crippen molar-refractivity contribution in [3.8, 4) is 0 Å². The number of carbonyl (C=O) groups is 2. The second-order valence-electron chi connectivity index (χ2n) is 6.82. The summed E-state index contributed by atoms with van der Waals surface area (Å²) < 4.78 is 10.2. The quantitative estimate of drug-likeness (QED) is 0.389. The van der Waals surface area contributed by atoms with Crippen LogP contribution in [0.4, 0.5) is 0 Å². The number of rotatable bonds is 14. The molecule has 0 amide bonds. The van der Waals surface area contributed by atoms with Gasteiger partial charge >= 0.3 is 11.9 Å². The van der Waals surface area contributed by atoms with Gasteiger partial charge in [-0.05, 0) is 19.3 Å². The minimum atomic E-state index is -0.400. The molecular weight excluding hydrogens is 296 g/mol. The van der Waals surface area contributed by atoms with Crippen LogP contribution in [0, 0.1) is 5.41 Å². The van der Waals surface area contributed by atoms with E-state index in [1.165, 1.54) is 19.3 Å². The minimum Gasteiger partial charge on any atom is -0.466 e. The number of aliphatic hydroxyl groups excluding tert-OH is 1. The van der Waals surface area contributed by atoms with Gasteiger partial charge in [0.1, 0.15) is 0 Å². The van der Waals surface area contributed by atoms with Crippen LogP contribution in [0.3, 0.4) is 0 Å². The summed E-state index contributed by atoms with van der Waals surface area (Å²) in [5.74, 6) is -0.414. The molecule has 23 heavy (non-hydrogen) atoms. The maximum atomic E-state index is 11.5. The van der Waals surface area contributed by atoms with Gasteiger partial charge in [0.2, 0.25) is 0 Å². The number of carbonyl (C=O) groups excluding carboxylic acids is 2. The first-order chi connectivity index (χ1) is 10.9. The van der Waals surface area contributed by atoms with Gasteiger partial charge in [0.15, 0.2) is 0 Å². The zero-order valence-corrected chi connectivity index (χ0v) is 15.1. The summed E-state index contributed by atoms with van der Waals surface area (Å²) in [7, 11) is 0. The zero-order valence-electron chi connectivity index (χ0n) is 15.1. The molecule has 0 aromatic heterocycles. The molecule has 5 heteroatoms. The second kappa shape index (κ2) is 13.3. The summed E-state index contributed by atoms with van der Waals surface area (Å²) in [5.41, 5.74) is -0.400. The van der Waals surface area contributed by atoms with Crippen LogP contribution < -0.4 is 0 Å². The maximum Gasteiger partial charge on any atom is 0.305 e. The molecule has 0 spiro atoms. The van der Waals surface area contributed by atoms with Crippen molar-refractivity contribution < 1.29 is 24.2 Å². The van der Waals surface area contributed by atoms with Gasteiger partial charge < -0.3 is 14.6 Å². The molecule has 0 aromatic rings. The van der Waals surface area contributed by atoms with Gasteiger partial charge in [0.25, 0.3) is 0 Å². The van der Waals surface area contributed by atoms with E-state index >= 15 is 0 Å². The highest BCUT2D eigenvalue weighted by Crippen LogP contribution is 2.14. The Labute approximate surface area is 140 Å². The number of hydrogen-bond donors (Lipinski definition) is 1. The molecule has 0 saturated carbocycles. The van der Waals surface area contributed by atoms with Crippen LogP contribution in [-0.4, -0.2) is 36.9 Å². The van der Waals surface area contributed by atoms with E-state index in [-0.39, 0.29) is 25.2 Å². The zero-order chi connectivity index (χ0) is 17.6. The Hall–Kier alpha value is -1.10. The van der Waals surface area contributed by atoms with Crippen LogP contribution in [0.2, 0.25) is 0 Å². The fourth-order valence-corrected chi connectivity index (χ4v) is 1.90. The topological polar surface area (TPSA) is 72.8 Å². The molecule has 0 rings (SSSR count). The van der Waals surface area contributed by atoms with Crippen molar-refractivity contribution in [2.75, 3.05) is 19.8 Å². The molecule has 0 saturated heterocycles. The fraction of sp³-hybridized carbons (Fsp3) is 0.889. The minimum absolute atomic E-state index is 0.0192. The number of aliphatic hydroxyl groups is 1. The third kappa shape index (κ3) is 14.2. The SMILES string of the molecule is CCCCCCCC(=O)OCCCCC(=O)OCC(C)(C)CO. The predicted octanol–water partition coefficient (Wildman–Crippen LogP) is 3.62. The molecule has 1 N–H and O–H groups in total. The number of esters is 2. The molecule has 0 aliphatic carbocycles. The van der Waals surface area contributed by atoms with E-state index in [2.05, 4.69) is 6.92 Å². The number of ether oxygens (including phenoxy) is 2. The molecule has 0 aromatic carbocycles. The van der Waals surface area contributed by atoms with Crippen molar-refractivity contribution in [1.82, 2.24) is 0 Å². The van der Waals surface area contributed by atoms with Crippen LogP contribution in [0.5, 0.6) is 0 Å².